The number of nitrogens with zero attached hydrogens (tertiary/aromatic N) is 1. The largest absolute Gasteiger partial charge is 0.462 e. The monoisotopic (exact) mass is 495 g/mol. The Bertz CT molecular complexity index is 903. The van der Waals surface area contributed by atoms with Gasteiger partial charge in [-0.1, -0.05) is 6.92 Å². The Morgan fingerprint density at radius 1 is 1.17 bits per heavy atom. The number of likely N-dealkylation sites (N-methyl/N-ethyl adjacent to an activating group) is 1. The first-order valence-electron chi connectivity index (χ1n) is 13.2. The number of esters is 1. The molecule has 1 saturated heterocycles. The van der Waals surface area contributed by atoms with Crippen LogP contribution in [-0.4, -0.2) is 109 Å². The number of hydrogen-bond acceptors (Lipinski definition) is 9. The Labute approximate surface area is 207 Å². The first-order chi connectivity index (χ1) is 16.6. The minimum absolute atomic E-state index is 0.0979. The van der Waals surface area contributed by atoms with E-state index >= 15 is 0 Å². The number of fused-ring (bicyclic) bond motifs is 2. The Morgan fingerprint density at radius 3 is 2.51 bits per heavy atom. The van der Waals surface area contributed by atoms with Crippen LogP contribution >= 0.6 is 0 Å². The topological polar surface area (TPSA) is 118 Å². The van der Waals surface area contributed by atoms with Gasteiger partial charge in [-0.2, -0.15) is 0 Å². The molecule has 0 radical (unpaired) electrons. The van der Waals surface area contributed by atoms with Crippen LogP contribution in [0.5, 0.6) is 0 Å². The van der Waals surface area contributed by atoms with Crippen LogP contribution in [0.3, 0.4) is 0 Å². The highest BCUT2D eigenvalue weighted by Gasteiger charge is 2.91. The number of methoxy groups -OCH3 is 3. The molecule has 9 heteroatoms. The van der Waals surface area contributed by atoms with E-state index in [1.165, 1.54) is 6.92 Å². The quantitative estimate of drug-likeness (QED) is 0.444. The number of rotatable bonds is 6. The Kier molecular flexibility index (Phi) is 5.34. The standard InChI is InChI=1S/C26H41NO8/c1-6-27-11-23(12-32-3)8-7-17(29)25-15-9-14-16(33-4)10-24(30,18(15)19(14)35-13(2)28)26(31,22(25)27)21(34-5)20(23)25/h14-22,29-31H,6-12H2,1-5H3/t14-,15-,16+,17-,18-,19+,20-,21+,22-,23+,24-,25+,26-/m1/s1. The van der Waals surface area contributed by atoms with Gasteiger partial charge in [0.1, 0.15) is 17.3 Å². The van der Waals surface area contributed by atoms with E-state index in [1.54, 1.807) is 21.3 Å². The van der Waals surface area contributed by atoms with Gasteiger partial charge in [-0.15, -0.1) is 0 Å². The van der Waals surface area contributed by atoms with Crippen molar-refractivity contribution < 1.29 is 39.1 Å². The van der Waals surface area contributed by atoms with Crippen LogP contribution in [0, 0.1) is 34.5 Å². The van der Waals surface area contributed by atoms with Gasteiger partial charge in [0, 0.05) is 69.8 Å². The average Bonchev–Trinajstić information content (AvgIpc) is 3.21. The van der Waals surface area contributed by atoms with Gasteiger partial charge < -0.3 is 34.3 Å². The molecule has 1 aliphatic heterocycles. The zero-order valence-electron chi connectivity index (χ0n) is 21.5. The summed E-state index contributed by atoms with van der Waals surface area (Å²) in [5, 5.41) is 37.7. The predicted molar refractivity (Wildman–Crippen MR) is 123 cm³/mol. The lowest BCUT2D eigenvalue weighted by Crippen LogP contribution is -2.82. The third kappa shape index (κ3) is 2.48. The summed E-state index contributed by atoms with van der Waals surface area (Å²) >= 11 is 0. The van der Waals surface area contributed by atoms with Crippen molar-refractivity contribution >= 4 is 5.97 Å². The predicted octanol–water partition coefficient (Wildman–Crippen LogP) is 0.188. The first-order valence-corrected chi connectivity index (χ1v) is 13.2. The van der Waals surface area contributed by atoms with Gasteiger partial charge in [0.15, 0.2) is 0 Å². The second-order valence-electron chi connectivity index (χ2n) is 12.3. The molecule has 0 aromatic heterocycles. The van der Waals surface area contributed by atoms with Crippen LogP contribution in [0.25, 0.3) is 0 Å². The van der Waals surface area contributed by atoms with Crippen molar-refractivity contribution in [3.63, 3.8) is 0 Å². The molecule has 13 atom stereocenters. The molecule has 0 amide bonds. The summed E-state index contributed by atoms with van der Waals surface area (Å²) in [6.45, 7) is 5.36. The van der Waals surface area contributed by atoms with Gasteiger partial charge in [0.25, 0.3) is 0 Å². The van der Waals surface area contributed by atoms with E-state index in [2.05, 4.69) is 11.8 Å². The summed E-state index contributed by atoms with van der Waals surface area (Å²) in [6, 6.07) is -0.478. The van der Waals surface area contributed by atoms with Crippen LogP contribution in [0.4, 0.5) is 0 Å². The number of carbonyl (C=O) groups excluding carboxylic acids is 1. The molecule has 5 saturated carbocycles. The van der Waals surface area contributed by atoms with Gasteiger partial charge in [-0.25, -0.2) is 0 Å². The van der Waals surface area contributed by atoms with E-state index in [1.807, 2.05) is 0 Å². The molecular weight excluding hydrogens is 454 g/mol. The number of ether oxygens (including phenoxy) is 4. The Hall–Kier alpha value is -0.810. The van der Waals surface area contributed by atoms with Crippen LogP contribution in [0.15, 0.2) is 0 Å². The molecule has 1 spiro atoms. The molecule has 1 heterocycles. The maximum Gasteiger partial charge on any atom is 0.302 e. The third-order valence-corrected chi connectivity index (χ3v) is 11.5. The zero-order chi connectivity index (χ0) is 25.1. The molecule has 3 N–H and O–H groups in total. The highest BCUT2D eigenvalue weighted by molar-refractivity contribution is 5.66. The van der Waals surface area contributed by atoms with Crippen molar-refractivity contribution in [2.45, 2.75) is 81.2 Å². The summed E-state index contributed by atoms with van der Waals surface area (Å²) in [5.74, 6) is -1.35. The van der Waals surface area contributed by atoms with Crippen LogP contribution in [0.2, 0.25) is 0 Å². The molecule has 0 aromatic rings. The minimum Gasteiger partial charge on any atom is -0.462 e. The summed E-state index contributed by atoms with van der Waals surface area (Å²) in [5.41, 5.74) is -4.31. The fourth-order valence-corrected chi connectivity index (χ4v) is 11.0. The van der Waals surface area contributed by atoms with E-state index in [0.717, 1.165) is 13.0 Å². The molecule has 9 nitrogen and oxygen atoms in total. The Balaban J connectivity index is 1.65. The molecule has 35 heavy (non-hydrogen) atoms. The van der Waals surface area contributed by atoms with Crippen LogP contribution in [-0.2, 0) is 23.7 Å². The van der Waals surface area contributed by atoms with Crippen molar-refractivity contribution in [1.29, 1.82) is 0 Å². The number of hydrogen-bond donors (Lipinski definition) is 3. The summed E-state index contributed by atoms with van der Waals surface area (Å²) in [7, 11) is 4.93. The average molecular weight is 496 g/mol. The first kappa shape index (κ1) is 24.5. The van der Waals surface area contributed by atoms with Gasteiger partial charge in [-0.05, 0) is 31.7 Å². The fraction of sp³-hybridized carbons (Fsp3) is 0.962. The molecule has 6 rings (SSSR count). The summed E-state index contributed by atoms with van der Waals surface area (Å²) in [6.07, 6.45) is -0.0360. The highest BCUT2D eigenvalue weighted by Crippen LogP contribution is 2.80. The van der Waals surface area contributed by atoms with Gasteiger partial charge in [-0.3, -0.25) is 9.69 Å². The van der Waals surface area contributed by atoms with Gasteiger partial charge in [0.05, 0.1) is 31.0 Å². The smallest absolute Gasteiger partial charge is 0.302 e. The summed E-state index contributed by atoms with van der Waals surface area (Å²) < 4.78 is 23.8. The lowest BCUT2D eigenvalue weighted by Gasteiger charge is -2.69. The molecule has 5 aliphatic carbocycles. The van der Waals surface area contributed by atoms with E-state index in [0.29, 0.717) is 26.0 Å². The van der Waals surface area contributed by atoms with Gasteiger partial charge >= 0.3 is 5.97 Å². The van der Waals surface area contributed by atoms with Crippen molar-refractivity contribution in [1.82, 2.24) is 4.90 Å². The number of aliphatic hydroxyl groups is 3. The molecule has 198 valence electrons. The fourth-order valence-electron chi connectivity index (χ4n) is 11.0. The van der Waals surface area contributed by atoms with Crippen LogP contribution < -0.4 is 0 Å². The molecule has 0 aromatic carbocycles. The number of carbonyl (C=O) groups is 1. The molecule has 7 bridgehead atoms. The third-order valence-electron chi connectivity index (χ3n) is 11.5. The SMILES string of the molecule is CCN1C[C@]2(COC)CC[C@@H](O)[C@]34[C@@H]5C[C@H]6[C@H](OC(C)=O)[C@@H]5[C@](O)(C[C@@H]6OC)[C@](O)([C@H]13)[C@@H](OC)[C@H]24. The minimum atomic E-state index is -1.67. The van der Waals surface area contributed by atoms with Crippen LogP contribution in [0.1, 0.15) is 39.5 Å². The van der Waals surface area contributed by atoms with E-state index in [-0.39, 0.29) is 35.7 Å². The molecule has 6 fully saturated rings. The highest BCUT2D eigenvalue weighted by atomic mass is 16.6. The zero-order valence-corrected chi connectivity index (χ0v) is 21.5. The molecule has 6 aliphatic rings. The van der Waals surface area contributed by atoms with E-state index < -0.39 is 52.9 Å². The van der Waals surface area contributed by atoms with Crippen molar-refractivity contribution in [3.05, 3.63) is 0 Å². The number of aliphatic hydroxyl groups excluding tert-OH is 1. The van der Waals surface area contributed by atoms with Crippen molar-refractivity contribution in [2.75, 3.05) is 41.0 Å². The number of piperidine rings is 1. The maximum atomic E-state index is 13.0. The Morgan fingerprint density at radius 2 is 1.91 bits per heavy atom. The maximum absolute atomic E-state index is 13.0. The number of likely N-dealkylation sites (tertiary alicyclic amines) is 1. The van der Waals surface area contributed by atoms with Crippen molar-refractivity contribution in [3.8, 4) is 0 Å². The van der Waals surface area contributed by atoms with E-state index in [4.69, 9.17) is 18.9 Å². The molecule has 0 unspecified atom stereocenters. The second kappa shape index (κ2) is 7.62. The van der Waals surface area contributed by atoms with E-state index in [9.17, 15) is 20.1 Å². The lowest BCUT2D eigenvalue weighted by atomic mass is 9.42. The van der Waals surface area contributed by atoms with Gasteiger partial charge in [0.2, 0.25) is 0 Å². The lowest BCUT2D eigenvalue weighted by molar-refractivity contribution is -0.318. The second-order valence-corrected chi connectivity index (χ2v) is 12.3. The molecular formula is C26H41NO8. The normalized spacial score (nSPS) is 57.9. The summed E-state index contributed by atoms with van der Waals surface area (Å²) in [4.78, 5) is 14.5. The van der Waals surface area contributed by atoms with Crippen molar-refractivity contribution in [2.24, 2.45) is 34.5 Å².